The summed E-state index contributed by atoms with van der Waals surface area (Å²) in [6, 6.07) is 11.8. The fourth-order valence-electron chi connectivity index (χ4n) is 3.08. The van der Waals surface area contributed by atoms with E-state index >= 15 is 0 Å². The van der Waals surface area contributed by atoms with Crippen LogP contribution in [0.15, 0.2) is 36.4 Å². The van der Waals surface area contributed by atoms with E-state index in [0.717, 1.165) is 36.3 Å². The zero-order valence-corrected chi connectivity index (χ0v) is 16.6. The van der Waals surface area contributed by atoms with E-state index in [0.29, 0.717) is 36.2 Å². The lowest BCUT2D eigenvalue weighted by Crippen LogP contribution is -2.16. The molecule has 1 atom stereocenters. The zero-order chi connectivity index (χ0) is 19.1. The molecule has 0 amide bonds. The molecule has 0 aromatic heterocycles. The molecule has 2 aromatic carbocycles. The van der Waals surface area contributed by atoms with E-state index in [2.05, 4.69) is 17.4 Å². The summed E-state index contributed by atoms with van der Waals surface area (Å²) >= 11 is 6.34. The van der Waals surface area contributed by atoms with Gasteiger partial charge in [-0.05, 0) is 42.2 Å². The van der Waals surface area contributed by atoms with Crippen LogP contribution in [-0.2, 0) is 17.8 Å². The maximum Gasteiger partial charge on any atom is 0.162 e. The molecular formula is C21H26ClNO4. The van der Waals surface area contributed by atoms with Crippen LogP contribution in [0.3, 0.4) is 0 Å². The predicted octanol–water partition coefficient (Wildman–Crippen LogP) is 4.20. The van der Waals surface area contributed by atoms with Gasteiger partial charge in [0, 0.05) is 30.8 Å². The highest BCUT2D eigenvalue weighted by Gasteiger charge is 2.16. The van der Waals surface area contributed by atoms with Crippen molar-refractivity contribution in [3.8, 4) is 17.2 Å². The molecule has 146 valence electrons. The van der Waals surface area contributed by atoms with Gasteiger partial charge in [0.25, 0.3) is 0 Å². The molecule has 1 N–H and O–H groups in total. The Morgan fingerprint density at radius 2 is 1.93 bits per heavy atom. The van der Waals surface area contributed by atoms with Crippen molar-refractivity contribution >= 4 is 11.6 Å². The summed E-state index contributed by atoms with van der Waals surface area (Å²) in [5.41, 5.74) is 2.11. The fourth-order valence-corrected chi connectivity index (χ4v) is 3.30. The van der Waals surface area contributed by atoms with E-state index < -0.39 is 0 Å². The smallest absolute Gasteiger partial charge is 0.162 e. The molecule has 6 heteroatoms. The number of rotatable bonds is 9. The molecule has 1 aliphatic heterocycles. The van der Waals surface area contributed by atoms with Crippen LogP contribution < -0.4 is 19.5 Å². The van der Waals surface area contributed by atoms with Crippen molar-refractivity contribution in [1.29, 1.82) is 0 Å². The van der Waals surface area contributed by atoms with Crippen molar-refractivity contribution in [3.05, 3.63) is 52.5 Å². The molecular weight excluding hydrogens is 366 g/mol. The standard InChI is InChI=1S/C21H26ClNO4/c1-24-20-10-16(19(22)11-21(20)25-2)13-23-12-15-5-3-6-17(9-15)27-14-18-7-4-8-26-18/h3,5-6,9-11,18,23H,4,7-8,12-14H2,1-2H3. The van der Waals surface area contributed by atoms with Gasteiger partial charge in [0.2, 0.25) is 0 Å². The number of ether oxygens (including phenoxy) is 4. The number of benzene rings is 2. The number of hydrogen-bond acceptors (Lipinski definition) is 5. The molecule has 27 heavy (non-hydrogen) atoms. The maximum atomic E-state index is 6.34. The molecule has 0 radical (unpaired) electrons. The van der Waals surface area contributed by atoms with Gasteiger partial charge in [0.05, 0.1) is 20.3 Å². The van der Waals surface area contributed by atoms with Gasteiger partial charge in [0.15, 0.2) is 11.5 Å². The largest absolute Gasteiger partial charge is 0.493 e. The molecule has 2 aromatic rings. The SMILES string of the molecule is COc1cc(Cl)c(CNCc2cccc(OCC3CCCO3)c2)cc1OC. The Hall–Kier alpha value is -1.95. The third-order valence-corrected chi connectivity index (χ3v) is 4.91. The molecule has 0 saturated carbocycles. The quantitative estimate of drug-likeness (QED) is 0.694. The summed E-state index contributed by atoms with van der Waals surface area (Å²) in [6.45, 7) is 2.79. The number of methoxy groups -OCH3 is 2. The van der Waals surface area contributed by atoms with Crippen LogP contribution in [-0.4, -0.2) is 33.5 Å². The van der Waals surface area contributed by atoms with Crippen LogP contribution in [0.1, 0.15) is 24.0 Å². The second-order valence-corrected chi connectivity index (χ2v) is 6.90. The molecule has 1 heterocycles. The monoisotopic (exact) mass is 391 g/mol. The van der Waals surface area contributed by atoms with E-state index in [-0.39, 0.29) is 6.10 Å². The fraction of sp³-hybridized carbons (Fsp3) is 0.429. The predicted molar refractivity (Wildman–Crippen MR) is 106 cm³/mol. The molecule has 0 spiro atoms. The molecule has 1 fully saturated rings. The van der Waals surface area contributed by atoms with Gasteiger partial charge in [-0.1, -0.05) is 23.7 Å². The highest BCUT2D eigenvalue weighted by Crippen LogP contribution is 2.33. The first-order valence-corrected chi connectivity index (χ1v) is 9.52. The van der Waals surface area contributed by atoms with Crippen LogP contribution >= 0.6 is 11.6 Å². The van der Waals surface area contributed by atoms with Crippen molar-refractivity contribution in [1.82, 2.24) is 5.32 Å². The summed E-state index contributed by atoms with van der Waals surface area (Å²) in [6.07, 6.45) is 2.42. The zero-order valence-electron chi connectivity index (χ0n) is 15.8. The summed E-state index contributed by atoms with van der Waals surface area (Å²) in [4.78, 5) is 0. The molecule has 5 nitrogen and oxygen atoms in total. The molecule has 0 aliphatic carbocycles. The minimum Gasteiger partial charge on any atom is -0.493 e. The molecule has 0 bridgehead atoms. The van der Waals surface area contributed by atoms with Gasteiger partial charge in [-0.25, -0.2) is 0 Å². The molecule has 1 aliphatic rings. The van der Waals surface area contributed by atoms with Gasteiger partial charge >= 0.3 is 0 Å². The minimum atomic E-state index is 0.221. The first-order valence-electron chi connectivity index (χ1n) is 9.14. The van der Waals surface area contributed by atoms with Crippen molar-refractivity contribution < 1.29 is 18.9 Å². The average Bonchev–Trinajstić information content (AvgIpc) is 3.21. The summed E-state index contributed by atoms with van der Waals surface area (Å²) in [5.74, 6) is 2.17. The van der Waals surface area contributed by atoms with Crippen LogP contribution in [0.5, 0.6) is 17.2 Å². The van der Waals surface area contributed by atoms with Gasteiger partial charge < -0.3 is 24.3 Å². The number of hydrogen-bond donors (Lipinski definition) is 1. The third kappa shape index (κ3) is 5.51. The van der Waals surface area contributed by atoms with Crippen LogP contribution in [0.25, 0.3) is 0 Å². The summed E-state index contributed by atoms with van der Waals surface area (Å²) in [7, 11) is 3.21. The van der Waals surface area contributed by atoms with Crippen molar-refractivity contribution in [2.45, 2.75) is 32.0 Å². The molecule has 1 unspecified atom stereocenters. The molecule has 1 saturated heterocycles. The highest BCUT2D eigenvalue weighted by molar-refractivity contribution is 6.31. The topological polar surface area (TPSA) is 49.0 Å². The third-order valence-electron chi connectivity index (χ3n) is 4.56. The lowest BCUT2D eigenvalue weighted by Gasteiger charge is -2.13. The lowest BCUT2D eigenvalue weighted by molar-refractivity contribution is 0.0679. The lowest BCUT2D eigenvalue weighted by atomic mass is 10.1. The van der Waals surface area contributed by atoms with E-state index in [1.807, 2.05) is 18.2 Å². The van der Waals surface area contributed by atoms with Gasteiger partial charge in [-0.3, -0.25) is 0 Å². The van der Waals surface area contributed by atoms with Crippen LogP contribution in [0, 0.1) is 0 Å². The van der Waals surface area contributed by atoms with E-state index in [1.165, 1.54) is 0 Å². The highest BCUT2D eigenvalue weighted by atomic mass is 35.5. The molecule has 3 rings (SSSR count). The average molecular weight is 392 g/mol. The van der Waals surface area contributed by atoms with Crippen LogP contribution in [0.4, 0.5) is 0 Å². The Balaban J connectivity index is 1.53. The summed E-state index contributed by atoms with van der Waals surface area (Å²) < 4.78 is 22.1. The number of halogens is 1. The normalized spacial score (nSPS) is 16.3. The van der Waals surface area contributed by atoms with Crippen molar-refractivity contribution in [2.24, 2.45) is 0 Å². The second kappa shape index (κ2) is 9.83. The second-order valence-electron chi connectivity index (χ2n) is 6.50. The Labute approximate surface area is 165 Å². The van der Waals surface area contributed by atoms with Crippen molar-refractivity contribution in [2.75, 3.05) is 27.4 Å². The van der Waals surface area contributed by atoms with Crippen LogP contribution in [0.2, 0.25) is 5.02 Å². The first kappa shape index (κ1) is 19.8. The Morgan fingerprint density at radius 3 is 2.67 bits per heavy atom. The Kier molecular flexibility index (Phi) is 7.21. The van der Waals surface area contributed by atoms with E-state index in [9.17, 15) is 0 Å². The minimum absolute atomic E-state index is 0.221. The Bertz CT molecular complexity index is 747. The van der Waals surface area contributed by atoms with Gasteiger partial charge in [-0.2, -0.15) is 0 Å². The van der Waals surface area contributed by atoms with E-state index in [1.54, 1.807) is 20.3 Å². The summed E-state index contributed by atoms with van der Waals surface area (Å²) in [5, 5.41) is 4.06. The van der Waals surface area contributed by atoms with Gasteiger partial charge in [0.1, 0.15) is 12.4 Å². The van der Waals surface area contributed by atoms with Crippen molar-refractivity contribution in [3.63, 3.8) is 0 Å². The maximum absolute atomic E-state index is 6.34. The first-order chi connectivity index (χ1) is 13.2. The Morgan fingerprint density at radius 1 is 1.11 bits per heavy atom. The van der Waals surface area contributed by atoms with E-state index in [4.69, 9.17) is 30.5 Å². The van der Waals surface area contributed by atoms with Gasteiger partial charge in [-0.15, -0.1) is 0 Å². The number of nitrogens with one attached hydrogen (secondary N) is 1.